The third kappa shape index (κ3) is 2.99. The molecule has 2 aromatic carbocycles. The van der Waals surface area contributed by atoms with Crippen molar-refractivity contribution in [2.45, 2.75) is 24.5 Å². The minimum Gasteiger partial charge on any atom is -0.399 e. The molecule has 2 aromatic rings. The largest absolute Gasteiger partial charge is 0.399 e. The second-order valence-corrected chi connectivity index (χ2v) is 5.93. The molecule has 0 spiro atoms. The fraction of sp³-hybridized carbons (Fsp3) is 0.200. The van der Waals surface area contributed by atoms with E-state index in [0.717, 1.165) is 10.5 Å². The first kappa shape index (κ1) is 12.8. The summed E-state index contributed by atoms with van der Waals surface area (Å²) in [6, 6.07) is 13.5. The zero-order valence-corrected chi connectivity index (χ0v) is 11.5. The number of nitrogen functional groups attached to an aromatic ring is 1. The van der Waals surface area contributed by atoms with Crippen LogP contribution in [0.5, 0.6) is 0 Å². The molecule has 0 saturated carbocycles. The van der Waals surface area contributed by atoms with E-state index in [9.17, 15) is 4.21 Å². The lowest BCUT2D eigenvalue weighted by Gasteiger charge is -2.06. The van der Waals surface area contributed by atoms with E-state index in [1.54, 1.807) is 0 Å². The molecular formula is C15H17NOS. The Bertz CT molecular complexity index is 593. The van der Waals surface area contributed by atoms with Gasteiger partial charge in [-0.05, 0) is 54.8 Å². The molecular weight excluding hydrogens is 242 g/mol. The highest BCUT2D eigenvalue weighted by molar-refractivity contribution is 7.84. The van der Waals surface area contributed by atoms with E-state index >= 15 is 0 Å². The molecule has 1 unspecified atom stereocenters. The average Bonchev–Trinajstić information content (AvgIpc) is 2.32. The smallest absolute Gasteiger partial charge is 0.0574 e. The Hall–Kier alpha value is -1.61. The minimum atomic E-state index is -1.02. The van der Waals surface area contributed by atoms with Crippen LogP contribution in [0.3, 0.4) is 0 Å². The predicted molar refractivity (Wildman–Crippen MR) is 76.9 cm³/mol. The quantitative estimate of drug-likeness (QED) is 0.860. The third-order valence-corrected chi connectivity index (χ3v) is 4.37. The van der Waals surface area contributed by atoms with Crippen LogP contribution < -0.4 is 5.73 Å². The van der Waals surface area contributed by atoms with Crippen LogP contribution >= 0.6 is 0 Å². The van der Waals surface area contributed by atoms with Gasteiger partial charge in [-0.25, -0.2) is 0 Å². The first-order valence-electron chi connectivity index (χ1n) is 5.86. The number of anilines is 1. The van der Waals surface area contributed by atoms with Gasteiger partial charge in [0.25, 0.3) is 0 Å². The Morgan fingerprint density at radius 1 is 1.06 bits per heavy atom. The van der Waals surface area contributed by atoms with Gasteiger partial charge in [0.2, 0.25) is 0 Å². The van der Waals surface area contributed by atoms with Gasteiger partial charge >= 0.3 is 0 Å². The molecule has 0 saturated heterocycles. The molecule has 0 amide bonds. The number of nitrogens with two attached hydrogens (primary N) is 1. The summed E-state index contributed by atoms with van der Waals surface area (Å²) < 4.78 is 12.3. The number of aryl methyl sites for hydroxylation is 2. The van der Waals surface area contributed by atoms with Crippen LogP contribution in [0.4, 0.5) is 5.69 Å². The second-order valence-electron chi connectivity index (χ2n) is 4.48. The van der Waals surface area contributed by atoms with E-state index in [4.69, 9.17) is 5.73 Å². The molecule has 0 aliphatic rings. The third-order valence-electron chi connectivity index (χ3n) is 2.99. The number of hydrogen-bond donors (Lipinski definition) is 1. The van der Waals surface area contributed by atoms with Gasteiger partial charge in [-0.2, -0.15) is 0 Å². The Kier molecular flexibility index (Phi) is 3.82. The molecule has 1 atom stereocenters. The van der Waals surface area contributed by atoms with E-state index in [-0.39, 0.29) is 0 Å². The van der Waals surface area contributed by atoms with Crippen molar-refractivity contribution in [3.63, 3.8) is 0 Å². The van der Waals surface area contributed by atoms with Crippen molar-refractivity contribution in [1.29, 1.82) is 0 Å². The van der Waals surface area contributed by atoms with E-state index < -0.39 is 10.8 Å². The topological polar surface area (TPSA) is 43.1 Å². The van der Waals surface area contributed by atoms with Gasteiger partial charge in [0.1, 0.15) is 0 Å². The van der Waals surface area contributed by atoms with Crippen LogP contribution in [0, 0.1) is 13.8 Å². The van der Waals surface area contributed by atoms with Gasteiger partial charge in [0.05, 0.1) is 16.6 Å². The molecule has 0 radical (unpaired) electrons. The summed E-state index contributed by atoms with van der Waals surface area (Å²) in [4.78, 5) is 0.875. The van der Waals surface area contributed by atoms with E-state index in [2.05, 4.69) is 6.92 Å². The number of benzene rings is 2. The monoisotopic (exact) mass is 259 g/mol. The lowest BCUT2D eigenvalue weighted by atomic mass is 10.1. The van der Waals surface area contributed by atoms with Crippen LogP contribution in [0.25, 0.3) is 0 Å². The summed E-state index contributed by atoms with van der Waals surface area (Å²) in [5.74, 6) is 0.507. The van der Waals surface area contributed by atoms with Gasteiger partial charge in [0, 0.05) is 10.6 Å². The SMILES string of the molecule is Cc1ccc(S(=O)Cc2cccc(N)c2)cc1C. The van der Waals surface area contributed by atoms with Crippen molar-refractivity contribution in [1.82, 2.24) is 0 Å². The molecule has 0 aliphatic carbocycles. The summed E-state index contributed by atoms with van der Waals surface area (Å²) in [6.45, 7) is 4.09. The van der Waals surface area contributed by atoms with E-state index in [1.807, 2.05) is 49.4 Å². The zero-order chi connectivity index (χ0) is 13.1. The van der Waals surface area contributed by atoms with Gasteiger partial charge in [0.15, 0.2) is 0 Å². The minimum absolute atomic E-state index is 0.507. The van der Waals surface area contributed by atoms with E-state index in [1.165, 1.54) is 11.1 Å². The summed E-state index contributed by atoms with van der Waals surface area (Å²) in [5, 5.41) is 0. The van der Waals surface area contributed by atoms with Gasteiger partial charge in [-0.3, -0.25) is 4.21 Å². The summed E-state index contributed by atoms with van der Waals surface area (Å²) in [6.07, 6.45) is 0. The molecule has 2 rings (SSSR count). The maximum absolute atomic E-state index is 12.3. The standard InChI is InChI=1S/C15H17NOS/c1-11-6-7-15(8-12(11)2)18(17)10-13-4-3-5-14(16)9-13/h3-9H,10,16H2,1-2H3. The Morgan fingerprint density at radius 3 is 2.50 bits per heavy atom. The Labute approximate surface area is 110 Å². The highest BCUT2D eigenvalue weighted by atomic mass is 32.2. The van der Waals surface area contributed by atoms with Gasteiger partial charge in [-0.1, -0.05) is 18.2 Å². The molecule has 94 valence electrons. The predicted octanol–water partition coefficient (Wildman–Crippen LogP) is 3.19. The first-order chi connectivity index (χ1) is 8.56. The molecule has 2 N–H and O–H groups in total. The summed E-state index contributed by atoms with van der Waals surface area (Å²) >= 11 is 0. The van der Waals surface area contributed by atoms with Crippen molar-refractivity contribution >= 4 is 16.5 Å². The van der Waals surface area contributed by atoms with Crippen molar-refractivity contribution in [3.8, 4) is 0 Å². The van der Waals surface area contributed by atoms with Crippen LogP contribution in [-0.2, 0) is 16.6 Å². The molecule has 0 aromatic heterocycles. The van der Waals surface area contributed by atoms with Crippen LogP contribution in [0.2, 0.25) is 0 Å². The molecule has 3 heteroatoms. The van der Waals surface area contributed by atoms with Crippen LogP contribution in [0.1, 0.15) is 16.7 Å². The fourth-order valence-electron chi connectivity index (χ4n) is 1.77. The van der Waals surface area contributed by atoms with Gasteiger partial charge in [-0.15, -0.1) is 0 Å². The maximum Gasteiger partial charge on any atom is 0.0574 e. The molecule has 0 bridgehead atoms. The first-order valence-corrected chi connectivity index (χ1v) is 7.18. The van der Waals surface area contributed by atoms with Crippen molar-refractivity contribution < 1.29 is 4.21 Å². The lowest BCUT2D eigenvalue weighted by molar-refractivity contribution is 0.682. The normalized spacial score (nSPS) is 12.3. The number of hydrogen-bond acceptors (Lipinski definition) is 2. The summed E-state index contributed by atoms with van der Waals surface area (Å²) in [5.41, 5.74) is 9.83. The van der Waals surface area contributed by atoms with Crippen LogP contribution in [-0.4, -0.2) is 4.21 Å². The van der Waals surface area contributed by atoms with Gasteiger partial charge < -0.3 is 5.73 Å². The Morgan fingerprint density at radius 2 is 1.83 bits per heavy atom. The second kappa shape index (κ2) is 5.36. The van der Waals surface area contributed by atoms with Crippen molar-refractivity contribution in [2.24, 2.45) is 0 Å². The van der Waals surface area contributed by atoms with E-state index in [0.29, 0.717) is 11.4 Å². The fourth-order valence-corrected chi connectivity index (χ4v) is 2.95. The summed E-state index contributed by atoms with van der Waals surface area (Å²) in [7, 11) is -1.02. The average molecular weight is 259 g/mol. The number of rotatable bonds is 3. The molecule has 0 fully saturated rings. The lowest BCUT2D eigenvalue weighted by Crippen LogP contribution is -1.98. The molecule has 18 heavy (non-hydrogen) atoms. The van der Waals surface area contributed by atoms with Crippen molar-refractivity contribution in [2.75, 3.05) is 5.73 Å². The maximum atomic E-state index is 12.3. The highest BCUT2D eigenvalue weighted by Crippen LogP contribution is 2.17. The molecule has 2 nitrogen and oxygen atoms in total. The molecule has 0 heterocycles. The zero-order valence-electron chi connectivity index (χ0n) is 10.6. The highest BCUT2D eigenvalue weighted by Gasteiger charge is 2.06. The van der Waals surface area contributed by atoms with Crippen molar-refractivity contribution in [3.05, 3.63) is 59.2 Å². The molecule has 0 aliphatic heterocycles. The Balaban J connectivity index is 2.19. The van der Waals surface area contributed by atoms with Crippen LogP contribution in [0.15, 0.2) is 47.4 Å².